The van der Waals surface area contributed by atoms with Crippen LogP contribution in [0.25, 0.3) is 11.8 Å². The molecule has 0 bridgehead atoms. The molecule has 0 unspecified atom stereocenters. The normalized spacial score (nSPS) is 11.7. The summed E-state index contributed by atoms with van der Waals surface area (Å²) >= 11 is 0. The zero-order valence-electron chi connectivity index (χ0n) is 13.9. The van der Waals surface area contributed by atoms with Gasteiger partial charge in [-0.3, -0.25) is 10.6 Å². The summed E-state index contributed by atoms with van der Waals surface area (Å²) in [5.41, 5.74) is 9.45. The van der Waals surface area contributed by atoms with Gasteiger partial charge < -0.3 is 15.9 Å². The van der Waals surface area contributed by atoms with E-state index in [9.17, 15) is 13.6 Å². The largest absolute Gasteiger partial charge is 0.491 e. The average Bonchev–Trinajstić information content (AvgIpc) is 2.99. The van der Waals surface area contributed by atoms with Gasteiger partial charge in [-0.1, -0.05) is 6.08 Å². The average molecular weight is 363 g/mol. The molecule has 0 radical (unpaired) electrons. The van der Waals surface area contributed by atoms with Crippen LogP contribution in [0.4, 0.5) is 14.6 Å². The summed E-state index contributed by atoms with van der Waals surface area (Å²) in [6, 6.07) is 4.02. The van der Waals surface area contributed by atoms with Crippen LogP contribution in [0.2, 0.25) is 0 Å². The molecule has 0 aliphatic carbocycles. The molecule has 2 aromatic rings. The van der Waals surface area contributed by atoms with E-state index in [0.717, 1.165) is 0 Å². The number of rotatable bonds is 9. The van der Waals surface area contributed by atoms with Crippen molar-refractivity contribution in [2.45, 2.75) is 6.42 Å². The van der Waals surface area contributed by atoms with Gasteiger partial charge in [-0.25, -0.2) is 13.5 Å². The number of anilines is 1. The molecule has 0 spiro atoms. The summed E-state index contributed by atoms with van der Waals surface area (Å²) in [7, 11) is 0. The van der Waals surface area contributed by atoms with Gasteiger partial charge in [-0.05, 0) is 24.6 Å². The summed E-state index contributed by atoms with van der Waals surface area (Å²) in [5, 5.41) is 4.07. The van der Waals surface area contributed by atoms with Crippen molar-refractivity contribution in [1.29, 1.82) is 0 Å². The number of ether oxygens (including phenoxy) is 1. The maximum atomic E-state index is 13.4. The van der Waals surface area contributed by atoms with Crippen LogP contribution in [0, 0.1) is 5.82 Å². The first-order chi connectivity index (χ1) is 12.6. The Labute approximate surface area is 148 Å². The molecule has 2 rings (SSSR count). The highest BCUT2D eigenvalue weighted by Crippen LogP contribution is 2.22. The van der Waals surface area contributed by atoms with Crippen molar-refractivity contribution >= 4 is 23.9 Å². The number of nitrogens with two attached hydrogens (primary N) is 2. The second kappa shape index (κ2) is 9.33. The van der Waals surface area contributed by atoms with Gasteiger partial charge in [0.05, 0.1) is 6.20 Å². The Balaban J connectivity index is 2.17. The number of nitrogen functional groups attached to an aromatic ring is 1. The minimum Gasteiger partial charge on any atom is -0.491 e. The highest BCUT2D eigenvalue weighted by Gasteiger charge is 2.10. The number of nitrogens with one attached hydrogen (secondary N) is 1. The zero-order chi connectivity index (χ0) is 18.9. The number of aldehydes is 1. The molecule has 0 aliphatic rings. The van der Waals surface area contributed by atoms with Crippen LogP contribution >= 0.6 is 0 Å². The van der Waals surface area contributed by atoms with E-state index >= 15 is 0 Å². The van der Waals surface area contributed by atoms with E-state index in [1.165, 1.54) is 35.3 Å². The zero-order valence-corrected chi connectivity index (χ0v) is 13.9. The molecular formula is C17H19F2N5O2. The lowest BCUT2D eigenvalue weighted by molar-refractivity contribution is -0.103. The van der Waals surface area contributed by atoms with E-state index in [1.807, 2.05) is 0 Å². The summed E-state index contributed by atoms with van der Waals surface area (Å²) < 4.78 is 32.3. The number of carbonyl (C=O) groups excluding carboxylic acids is 1. The molecule has 0 amide bonds. The molecule has 0 saturated carbocycles. The maximum absolute atomic E-state index is 13.4. The minimum atomic E-state index is -0.635. The molecule has 5 N–H and O–H groups in total. The fourth-order valence-electron chi connectivity index (χ4n) is 2.25. The molecule has 0 aliphatic heterocycles. The lowest BCUT2D eigenvalue weighted by atomic mass is 10.1. The van der Waals surface area contributed by atoms with Gasteiger partial charge in [0, 0.05) is 29.1 Å². The smallest absolute Gasteiger partial charge is 0.152 e. The van der Waals surface area contributed by atoms with Crippen molar-refractivity contribution in [3.63, 3.8) is 0 Å². The van der Waals surface area contributed by atoms with E-state index in [2.05, 4.69) is 10.5 Å². The van der Waals surface area contributed by atoms with E-state index < -0.39 is 12.5 Å². The lowest BCUT2D eigenvalue weighted by Gasteiger charge is -2.09. The van der Waals surface area contributed by atoms with Gasteiger partial charge in [0.15, 0.2) is 6.29 Å². The number of benzene rings is 1. The van der Waals surface area contributed by atoms with Crippen LogP contribution in [0.5, 0.6) is 5.75 Å². The third-order valence-corrected chi connectivity index (χ3v) is 3.45. The SMILES string of the molecule is NNC=C(C=O)c1cnn(/C=C\Cc2cc(F)ccc2OCCF)c1N. The minimum absolute atomic E-state index is 0.103. The van der Waals surface area contributed by atoms with Crippen LogP contribution in [-0.2, 0) is 11.2 Å². The Hall–Kier alpha value is -3.20. The van der Waals surface area contributed by atoms with E-state index in [-0.39, 0.29) is 18.0 Å². The number of halogens is 2. The van der Waals surface area contributed by atoms with Crippen LogP contribution in [-0.4, -0.2) is 29.3 Å². The first-order valence-electron chi connectivity index (χ1n) is 7.69. The summed E-state index contributed by atoms with van der Waals surface area (Å²) in [6.45, 7) is -0.739. The fourth-order valence-corrected chi connectivity index (χ4v) is 2.25. The topological polar surface area (TPSA) is 108 Å². The molecule has 1 heterocycles. The number of hydrogen-bond donors (Lipinski definition) is 3. The van der Waals surface area contributed by atoms with Gasteiger partial charge in [-0.15, -0.1) is 0 Å². The first kappa shape index (κ1) is 19.1. The highest BCUT2D eigenvalue weighted by molar-refractivity contribution is 6.08. The van der Waals surface area contributed by atoms with Gasteiger partial charge in [0.25, 0.3) is 0 Å². The predicted molar refractivity (Wildman–Crippen MR) is 94.9 cm³/mol. The lowest BCUT2D eigenvalue weighted by Crippen LogP contribution is -2.14. The van der Waals surface area contributed by atoms with Crippen molar-refractivity contribution in [1.82, 2.24) is 15.2 Å². The molecule has 7 nitrogen and oxygen atoms in total. The number of nitrogens with zero attached hydrogens (tertiary/aromatic N) is 2. The molecule has 9 heteroatoms. The number of carbonyl (C=O) groups is 1. The third-order valence-electron chi connectivity index (χ3n) is 3.45. The molecule has 0 fully saturated rings. The van der Waals surface area contributed by atoms with E-state index in [1.54, 1.807) is 12.3 Å². The van der Waals surface area contributed by atoms with Crippen molar-refractivity contribution in [2.75, 3.05) is 19.0 Å². The first-order valence-corrected chi connectivity index (χ1v) is 7.69. The van der Waals surface area contributed by atoms with E-state index in [0.29, 0.717) is 29.6 Å². The van der Waals surface area contributed by atoms with Crippen molar-refractivity contribution in [3.8, 4) is 5.75 Å². The monoisotopic (exact) mass is 363 g/mol. The highest BCUT2D eigenvalue weighted by atomic mass is 19.1. The molecule has 0 saturated heterocycles. The summed E-state index contributed by atoms with van der Waals surface area (Å²) in [6.07, 6.45) is 6.90. The Morgan fingerprint density at radius 1 is 1.42 bits per heavy atom. The number of alkyl halides is 1. The second-order valence-electron chi connectivity index (χ2n) is 5.15. The second-order valence-corrected chi connectivity index (χ2v) is 5.15. The van der Waals surface area contributed by atoms with Crippen LogP contribution in [0.3, 0.4) is 0 Å². The Morgan fingerprint density at radius 2 is 2.23 bits per heavy atom. The molecule has 138 valence electrons. The standard InChI is InChI=1S/C17H19F2N5O2/c18-5-7-26-16-4-3-14(19)8-12(16)2-1-6-24-17(20)15(10-23-24)13(11-25)9-22-21/h1,3-4,6,8-11,22H,2,5,7,20-21H2/b6-1-,13-9?. The fraction of sp³-hybridized carbons (Fsp3) is 0.176. The van der Waals surface area contributed by atoms with Gasteiger partial charge in [-0.2, -0.15) is 5.10 Å². The van der Waals surface area contributed by atoms with Crippen molar-refractivity contribution in [2.24, 2.45) is 5.84 Å². The molecule has 1 aromatic heterocycles. The molecular weight excluding hydrogens is 344 g/mol. The predicted octanol–water partition coefficient (Wildman–Crippen LogP) is 1.67. The Kier molecular flexibility index (Phi) is 6.86. The summed E-state index contributed by atoms with van der Waals surface area (Å²) in [5.74, 6) is 5.40. The quantitative estimate of drug-likeness (QED) is 0.271. The molecule has 0 atom stereocenters. The molecule has 1 aromatic carbocycles. The van der Waals surface area contributed by atoms with Crippen LogP contribution in [0.15, 0.2) is 36.7 Å². The Morgan fingerprint density at radius 3 is 2.92 bits per heavy atom. The third kappa shape index (κ3) is 4.67. The number of aromatic nitrogens is 2. The van der Waals surface area contributed by atoms with Crippen molar-refractivity contribution < 1.29 is 18.3 Å². The number of hydrazine groups is 1. The van der Waals surface area contributed by atoms with Gasteiger partial charge in [0.1, 0.15) is 30.7 Å². The number of allylic oxidation sites excluding steroid dienone is 2. The van der Waals surface area contributed by atoms with E-state index in [4.69, 9.17) is 16.3 Å². The van der Waals surface area contributed by atoms with Crippen LogP contribution < -0.4 is 21.7 Å². The molecule has 26 heavy (non-hydrogen) atoms. The van der Waals surface area contributed by atoms with Crippen LogP contribution in [0.1, 0.15) is 11.1 Å². The number of hydrogen-bond acceptors (Lipinski definition) is 6. The maximum Gasteiger partial charge on any atom is 0.152 e. The Bertz CT molecular complexity index is 817. The van der Waals surface area contributed by atoms with Gasteiger partial charge in [0.2, 0.25) is 0 Å². The summed E-state index contributed by atoms with van der Waals surface area (Å²) in [4.78, 5) is 11.1. The van der Waals surface area contributed by atoms with Gasteiger partial charge >= 0.3 is 0 Å². The van der Waals surface area contributed by atoms with Crippen molar-refractivity contribution in [3.05, 3.63) is 53.6 Å².